The zero-order chi connectivity index (χ0) is 17.4. The van der Waals surface area contributed by atoms with Crippen molar-refractivity contribution in [1.82, 2.24) is 9.55 Å². The highest BCUT2D eigenvalue weighted by atomic mass is 19.2. The van der Waals surface area contributed by atoms with Gasteiger partial charge in [0.2, 0.25) is 6.79 Å². The summed E-state index contributed by atoms with van der Waals surface area (Å²) in [6.45, 7) is 0.321. The molecule has 8 heteroatoms. The predicted molar refractivity (Wildman–Crippen MR) is 83.7 cm³/mol. The third-order valence-electron chi connectivity index (χ3n) is 3.86. The minimum atomic E-state index is -0.958. The van der Waals surface area contributed by atoms with E-state index in [1.165, 1.54) is 6.33 Å². The van der Waals surface area contributed by atoms with Crippen molar-refractivity contribution in [3.8, 4) is 17.2 Å². The first-order valence-corrected chi connectivity index (χ1v) is 7.60. The number of rotatable bonds is 5. The Morgan fingerprint density at radius 3 is 2.84 bits per heavy atom. The maximum Gasteiger partial charge on any atom is 0.231 e. The van der Waals surface area contributed by atoms with Crippen LogP contribution in [0.2, 0.25) is 0 Å². The number of ether oxygens (including phenoxy) is 3. The Hall–Kier alpha value is -2.87. The lowest BCUT2D eigenvalue weighted by atomic mass is 10.3. The molecule has 130 valence electrons. The summed E-state index contributed by atoms with van der Waals surface area (Å²) in [4.78, 5) is 4.01. The van der Waals surface area contributed by atoms with Crippen molar-refractivity contribution in [2.75, 3.05) is 13.4 Å². The van der Waals surface area contributed by atoms with Gasteiger partial charge in [0.15, 0.2) is 23.1 Å². The number of aromatic nitrogens is 2. The average Bonchev–Trinajstić information content (AvgIpc) is 3.20. The number of hydrogen-bond acceptors (Lipinski definition) is 5. The van der Waals surface area contributed by atoms with Crippen LogP contribution >= 0.6 is 0 Å². The van der Waals surface area contributed by atoms with Crippen LogP contribution in [0.3, 0.4) is 0 Å². The first-order valence-electron chi connectivity index (χ1n) is 7.60. The molecule has 0 saturated heterocycles. The molecule has 1 aliphatic rings. The van der Waals surface area contributed by atoms with Gasteiger partial charge in [-0.3, -0.25) is 0 Å². The lowest BCUT2D eigenvalue weighted by Crippen LogP contribution is -2.23. The van der Waals surface area contributed by atoms with Crippen LogP contribution in [0.25, 0.3) is 11.0 Å². The van der Waals surface area contributed by atoms with Gasteiger partial charge in [-0.15, -0.1) is 0 Å². The Bertz CT molecular complexity index is 928. The Labute approximate surface area is 141 Å². The van der Waals surface area contributed by atoms with Crippen molar-refractivity contribution < 1.29 is 28.1 Å². The molecule has 3 aromatic rings. The minimum Gasteiger partial charge on any atom is -0.491 e. The summed E-state index contributed by atoms with van der Waals surface area (Å²) in [5, 5.41) is 10.2. The molecule has 1 unspecified atom stereocenters. The molecule has 0 saturated carbocycles. The summed E-state index contributed by atoms with van der Waals surface area (Å²) in [5.74, 6) is -0.145. The molecule has 4 rings (SSSR count). The Kier molecular flexibility index (Phi) is 3.89. The molecule has 25 heavy (non-hydrogen) atoms. The van der Waals surface area contributed by atoms with Crippen LogP contribution in [0, 0.1) is 11.6 Å². The first-order chi connectivity index (χ1) is 12.1. The highest BCUT2D eigenvalue weighted by Gasteiger charge is 2.15. The van der Waals surface area contributed by atoms with E-state index < -0.39 is 17.7 Å². The van der Waals surface area contributed by atoms with Gasteiger partial charge in [0, 0.05) is 18.2 Å². The van der Waals surface area contributed by atoms with E-state index in [1.54, 1.807) is 22.8 Å². The maximum absolute atomic E-state index is 13.4. The molecular formula is C17H14F2N2O4. The summed E-state index contributed by atoms with van der Waals surface area (Å²) < 4.78 is 44.2. The molecule has 1 N–H and O–H groups in total. The van der Waals surface area contributed by atoms with Crippen molar-refractivity contribution in [1.29, 1.82) is 0 Å². The fourth-order valence-electron chi connectivity index (χ4n) is 2.64. The lowest BCUT2D eigenvalue weighted by Gasteiger charge is -2.14. The van der Waals surface area contributed by atoms with E-state index in [4.69, 9.17) is 14.2 Å². The summed E-state index contributed by atoms with van der Waals surface area (Å²) in [6.07, 6.45) is 0.559. The van der Waals surface area contributed by atoms with E-state index in [1.807, 2.05) is 0 Å². The quantitative estimate of drug-likeness (QED) is 0.767. The summed E-state index contributed by atoms with van der Waals surface area (Å²) in [5.41, 5.74) is 0.726. The fraction of sp³-hybridized carbons (Fsp3) is 0.235. The van der Waals surface area contributed by atoms with Gasteiger partial charge < -0.3 is 23.9 Å². The van der Waals surface area contributed by atoms with Crippen molar-refractivity contribution in [3.05, 3.63) is 48.3 Å². The van der Waals surface area contributed by atoms with Gasteiger partial charge in [-0.25, -0.2) is 13.8 Å². The molecule has 0 radical (unpaired) electrons. The molecule has 0 fully saturated rings. The van der Waals surface area contributed by atoms with Crippen LogP contribution in [0.15, 0.2) is 36.7 Å². The number of aliphatic hydroxyl groups excluding tert-OH is 1. The van der Waals surface area contributed by atoms with Gasteiger partial charge in [-0.05, 0) is 12.1 Å². The van der Waals surface area contributed by atoms with Crippen LogP contribution in [0.1, 0.15) is 0 Å². The van der Waals surface area contributed by atoms with Gasteiger partial charge in [-0.1, -0.05) is 0 Å². The van der Waals surface area contributed by atoms with Crippen LogP contribution in [0.5, 0.6) is 17.2 Å². The highest BCUT2D eigenvalue weighted by Crippen LogP contribution is 2.35. The third kappa shape index (κ3) is 3.08. The van der Waals surface area contributed by atoms with E-state index in [2.05, 4.69) is 4.98 Å². The number of aliphatic hydroxyl groups is 1. The molecule has 2 aromatic carbocycles. The zero-order valence-corrected chi connectivity index (χ0v) is 13.0. The molecule has 0 aliphatic carbocycles. The maximum atomic E-state index is 13.4. The average molecular weight is 348 g/mol. The fourth-order valence-corrected chi connectivity index (χ4v) is 2.64. The van der Waals surface area contributed by atoms with Gasteiger partial charge in [0.25, 0.3) is 0 Å². The number of halogens is 2. The van der Waals surface area contributed by atoms with Crippen LogP contribution < -0.4 is 14.2 Å². The van der Waals surface area contributed by atoms with Crippen LogP contribution in [-0.2, 0) is 6.54 Å². The van der Waals surface area contributed by atoms with Gasteiger partial charge in [0.1, 0.15) is 18.5 Å². The van der Waals surface area contributed by atoms with Crippen molar-refractivity contribution >= 4 is 11.0 Å². The summed E-state index contributed by atoms with van der Waals surface area (Å²) >= 11 is 0. The van der Waals surface area contributed by atoms with Gasteiger partial charge >= 0.3 is 0 Å². The molecule has 1 aromatic heterocycles. The smallest absolute Gasteiger partial charge is 0.231 e. The number of nitrogens with zero attached hydrogens (tertiary/aromatic N) is 2. The standard InChI is InChI=1S/C17H14F2N2O4/c18-12-4-14-15(5-13(12)19)21(8-20-14)6-10(22)7-23-11-1-2-16-17(3-11)25-9-24-16/h1-5,8,10,22H,6-7,9H2. The Morgan fingerprint density at radius 1 is 1.16 bits per heavy atom. The number of benzene rings is 2. The highest BCUT2D eigenvalue weighted by molar-refractivity contribution is 5.75. The second-order valence-electron chi connectivity index (χ2n) is 5.63. The van der Waals surface area contributed by atoms with Crippen molar-refractivity contribution in [3.63, 3.8) is 0 Å². The van der Waals surface area contributed by atoms with Gasteiger partial charge in [-0.2, -0.15) is 0 Å². The Balaban J connectivity index is 1.42. The minimum absolute atomic E-state index is 0.0169. The molecule has 0 amide bonds. The van der Waals surface area contributed by atoms with Gasteiger partial charge in [0.05, 0.1) is 23.9 Å². The Morgan fingerprint density at radius 2 is 1.96 bits per heavy atom. The molecule has 0 bridgehead atoms. The zero-order valence-electron chi connectivity index (χ0n) is 13.0. The largest absolute Gasteiger partial charge is 0.491 e. The van der Waals surface area contributed by atoms with Crippen LogP contribution in [0.4, 0.5) is 8.78 Å². The van der Waals surface area contributed by atoms with Crippen LogP contribution in [-0.4, -0.2) is 34.2 Å². The lowest BCUT2D eigenvalue weighted by molar-refractivity contribution is 0.0933. The third-order valence-corrected chi connectivity index (χ3v) is 3.86. The second kappa shape index (κ2) is 6.21. The topological polar surface area (TPSA) is 65.7 Å². The number of fused-ring (bicyclic) bond motifs is 2. The molecule has 2 heterocycles. The summed E-state index contributed by atoms with van der Waals surface area (Å²) in [6, 6.07) is 7.20. The van der Waals surface area contributed by atoms with E-state index in [9.17, 15) is 13.9 Å². The normalized spacial score (nSPS) is 14.0. The number of hydrogen-bond donors (Lipinski definition) is 1. The second-order valence-corrected chi connectivity index (χ2v) is 5.63. The first kappa shape index (κ1) is 15.6. The van der Waals surface area contributed by atoms with Crippen molar-refractivity contribution in [2.24, 2.45) is 0 Å². The molecule has 1 atom stereocenters. The molecule has 6 nitrogen and oxygen atoms in total. The van der Waals surface area contributed by atoms with Crippen molar-refractivity contribution in [2.45, 2.75) is 12.6 Å². The van der Waals surface area contributed by atoms with E-state index in [0.717, 1.165) is 12.1 Å². The van der Waals surface area contributed by atoms with E-state index in [0.29, 0.717) is 28.3 Å². The summed E-state index contributed by atoms with van der Waals surface area (Å²) in [7, 11) is 0. The number of imidazole rings is 1. The molecular weight excluding hydrogens is 334 g/mol. The SMILES string of the molecule is OC(COc1ccc2c(c1)OCO2)Cn1cnc2cc(F)c(F)cc21. The molecule has 0 spiro atoms. The molecule has 1 aliphatic heterocycles. The predicted octanol–water partition coefficient (Wildman–Crippen LogP) is 2.48. The monoisotopic (exact) mass is 348 g/mol. The van der Waals surface area contributed by atoms with E-state index >= 15 is 0 Å². The van der Waals surface area contributed by atoms with E-state index in [-0.39, 0.29) is 19.9 Å².